The Morgan fingerprint density at radius 3 is 2.72 bits per heavy atom. The van der Waals surface area contributed by atoms with E-state index in [4.69, 9.17) is 4.74 Å². The summed E-state index contributed by atoms with van der Waals surface area (Å²) in [6, 6.07) is 12.9. The van der Waals surface area contributed by atoms with Crippen LogP contribution >= 0.6 is 11.3 Å². The summed E-state index contributed by atoms with van der Waals surface area (Å²) in [5.41, 5.74) is 1.23. The van der Waals surface area contributed by atoms with Gasteiger partial charge in [-0.25, -0.2) is 0 Å². The molecule has 0 aliphatic heterocycles. The average Bonchev–Trinajstić information content (AvgIpc) is 3.08. The van der Waals surface area contributed by atoms with Crippen molar-refractivity contribution in [2.45, 2.75) is 25.4 Å². The summed E-state index contributed by atoms with van der Waals surface area (Å²) in [6.07, 6.45) is 5.18. The van der Waals surface area contributed by atoms with Crippen LogP contribution in [0.2, 0.25) is 0 Å². The number of ether oxygens (including phenoxy) is 1. The van der Waals surface area contributed by atoms with E-state index in [-0.39, 0.29) is 12.0 Å². The predicted octanol–water partition coefficient (Wildman–Crippen LogP) is 3.78. The maximum absolute atomic E-state index is 12.6. The number of hydrogen-bond acceptors (Lipinski definition) is 6. The van der Waals surface area contributed by atoms with Crippen molar-refractivity contribution >= 4 is 22.4 Å². The molecule has 0 saturated heterocycles. The van der Waals surface area contributed by atoms with E-state index < -0.39 is 0 Å². The standard InChI is InChI=1S/C18H16N4O2S/c23-16(13-8-1-2-10-15(13)24-12-6-5-7-12)20-18-22-21-17(25-18)14-9-3-4-11-19-14/h1-4,8-12H,5-7H2,(H,20,22,23). The summed E-state index contributed by atoms with van der Waals surface area (Å²) in [7, 11) is 0. The molecule has 0 spiro atoms. The second kappa shape index (κ2) is 6.98. The van der Waals surface area contributed by atoms with Crippen molar-refractivity contribution in [3.05, 3.63) is 54.2 Å². The molecule has 1 amide bonds. The smallest absolute Gasteiger partial charge is 0.261 e. The molecule has 1 N–H and O–H groups in total. The lowest BCUT2D eigenvalue weighted by molar-refractivity contribution is 0.0992. The van der Waals surface area contributed by atoms with Gasteiger partial charge in [0.05, 0.1) is 11.7 Å². The Hall–Kier alpha value is -2.80. The van der Waals surface area contributed by atoms with E-state index in [1.165, 1.54) is 17.8 Å². The number of rotatable bonds is 5. The maximum Gasteiger partial charge on any atom is 0.261 e. The van der Waals surface area contributed by atoms with E-state index in [1.807, 2.05) is 36.4 Å². The average molecular weight is 352 g/mol. The van der Waals surface area contributed by atoms with Gasteiger partial charge in [0.15, 0.2) is 5.01 Å². The Morgan fingerprint density at radius 1 is 1.12 bits per heavy atom. The zero-order valence-corrected chi connectivity index (χ0v) is 14.2. The van der Waals surface area contributed by atoms with E-state index in [2.05, 4.69) is 20.5 Å². The van der Waals surface area contributed by atoms with E-state index >= 15 is 0 Å². The van der Waals surface area contributed by atoms with Crippen molar-refractivity contribution < 1.29 is 9.53 Å². The third-order valence-electron chi connectivity index (χ3n) is 4.01. The quantitative estimate of drug-likeness (QED) is 0.756. The number of hydrogen-bond donors (Lipinski definition) is 1. The molecule has 4 rings (SSSR count). The number of carbonyl (C=O) groups excluding carboxylic acids is 1. The van der Waals surface area contributed by atoms with Crippen molar-refractivity contribution in [2.75, 3.05) is 5.32 Å². The number of aromatic nitrogens is 3. The third-order valence-corrected chi connectivity index (χ3v) is 4.87. The molecule has 1 fully saturated rings. The first kappa shape index (κ1) is 15.7. The number of carbonyl (C=O) groups is 1. The first-order valence-electron chi connectivity index (χ1n) is 8.11. The summed E-state index contributed by atoms with van der Waals surface area (Å²) in [5.74, 6) is 0.359. The van der Waals surface area contributed by atoms with E-state index in [9.17, 15) is 4.79 Å². The monoisotopic (exact) mass is 352 g/mol. The Labute approximate surface area is 148 Å². The minimum atomic E-state index is -0.251. The molecule has 25 heavy (non-hydrogen) atoms. The van der Waals surface area contributed by atoms with Gasteiger partial charge in [-0.3, -0.25) is 15.1 Å². The topological polar surface area (TPSA) is 77.0 Å². The molecular weight excluding hydrogens is 336 g/mol. The van der Waals surface area contributed by atoms with Crippen molar-refractivity contribution in [3.63, 3.8) is 0 Å². The molecule has 0 atom stereocenters. The highest BCUT2D eigenvalue weighted by Gasteiger charge is 2.22. The van der Waals surface area contributed by atoms with Crippen LogP contribution in [-0.4, -0.2) is 27.2 Å². The van der Waals surface area contributed by atoms with Crippen LogP contribution in [0.5, 0.6) is 5.75 Å². The minimum Gasteiger partial charge on any atom is -0.490 e. The fourth-order valence-electron chi connectivity index (χ4n) is 2.46. The molecule has 1 aliphatic carbocycles. The molecule has 126 valence electrons. The van der Waals surface area contributed by atoms with Gasteiger partial charge in [-0.05, 0) is 43.5 Å². The van der Waals surface area contributed by atoms with Crippen LogP contribution in [-0.2, 0) is 0 Å². The SMILES string of the molecule is O=C(Nc1nnc(-c2ccccn2)s1)c1ccccc1OC1CCC1. The third kappa shape index (κ3) is 3.51. The van der Waals surface area contributed by atoms with Crippen LogP contribution < -0.4 is 10.1 Å². The van der Waals surface area contributed by atoms with Crippen LogP contribution in [0.25, 0.3) is 10.7 Å². The number of benzene rings is 1. The van der Waals surface area contributed by atoms with Crippen LogP contribution in [0.3, 0.4) is 0 Å². The van der Waals surface area contributed by atoms with Gasteiger partial charge in [-0.2, -0.15) is 0 Å². The first-order valence-corrected chi connectivity index (χ1v) is 8.93. The fraction of sp³-hybridized carbons (Fsp3) is 0.222. The molecule has 0 radical (unpaired) electrons. The molecule has 2 aromatic heterocycles. The van der Waals surface area contributed by atoms with Gasteiger partial charge in [0.2, 0.25) is 5.13 Å². The second-order valence-electron chi connectivity index (χ2n) is 5.75. The largest absolute Gasteiger partial charge is 0.490 e. The van der Waals surface area contributed by atoms with Crippen LogP contribution in [0.1, 0.15) is 29.6 Å². The first-order chi connectivity index (χ1) is 12.3. The van der Waals surface area contributed by atoms with Crippen LogP contribution in [0, 0.1) is 0 Å². The zero-order chi connectivity index (χ0) is 17.1. The Kier molecular flexibility index (Phi) is 4.39. The summed E-state index contributed by atoms with van der Waals surface area (Å²) < 4.78 is 5.91. The maximum atomic E-state index is 12.6. The molecule has 0 bridgehead atoms. The summed E-state index contributed by atoms with van der Waals surface area (Å²) in [4.78, 5) is 16.8. The molecule has 3 aromatic rings. The zero-order valence-electron chi connectivity index (χ0n) is 13.4. The Morgan fingerprint density at radius 2 is 1.96 bits per heavy atom. The number of nitrogens with one attached hydrogen (secondary N) is 1. The molecule has 7 heteroatoms. The number of amides is 1. The molecule has 1 saturated carbocycles. The molecule has 0 unspecified atom stereocenters. The van der Waals surface area contributed by atoms with Gasteiger partial charge in [0, 0.05) is 6.20 Å². The lowest BCUT2D eigenvalue weighted by Crippen LogP contribution is -2.26. The van der Waals surface area contributed by atoms with Gasteiger partial charge in [0.1, 0.15) is 11.4 Å². The summed E-state index contributed by atoms with van der Waals surface area (Å²) in [6.45, 7) is 0. The van der Waals surface area contributed by atoms with Crippen molar-refractivity contribution in [1.29, 1.82) is 0 Å². The predicted molar refractivity (Wildman–Crippen MR) is 95.8 cm³/mol. The van der Waals surface area contributed by atoms with Gasteiger partial charge in [0.25, 0.3) is 5.91 Å². The van der Waals surface area contributed by atoms with E-state index in [0.29, 0.717) is 21.5 Å². The molecular formula is C18H16N4O2S. The Balaban J connectivity index is 1.50. The minimum absolute atomic E-state index is 0.214. The number of nitrogens with zero attached hydrogens (tertiary/aromatic N) is 3. The van der Waals surface area contributed by atoms with Crippen LogP contribution in [0.15, 0.2) is 48.7 Å². The van der Waals surface area contributed by atoms with Gasteiger partial charge in [-0.15, -0.1) is 10.2 Å². The van der Waals surface area contributed by atoms with Crippen molar-refractivity contribution in [3.8, 4) is 16.5 Å². The lowest BCUT2D eigenvalue weighted by Gasteiger charge is -2.27. The van der Waals surface area contributed by atoms with Gasteiger partial charge < -0.3 is 4.74 Å². The van der Waals surface area contributed by atoms with Crippen LogP contribution in [0.4, 0.5) is 5.13 Å². The molecule has 1 aromatic carbocycles. The Bertz CT molecular complexity index is 878. The van der Waals surface area contributed by atoms with Gasteiger partial charge in [-0.1, -0.05) is 29.5 Å². The summed E-state index contributed by atoms with van der Waals surface area (Å²) in [5, 5.41) is 12.0. The fourth-order valence-corrected chi connectivity index (χ4v) is 3.17. The van der Waals surface area contributed by atoms with E-state index in [1.54, 1.807) is 12.3 Å². The molecule has 6 nitrogen and oxygen atoms in total. The van der Waals surface area contributed by atoms with Gasteiger partial charge >= 0.3 is 0 Å². The highest BCUT2D eigenvalue weighted by atomic mass is 32.1. The lowest BCUT2D eigenvalue weighted by atomic mass is 9.96. The number of pyridine rings is 1. The number of para-hydroxylation sites is 1. The highest BCUT2D eigenvalue weighted by molar-refractivity contribution is 7.18. The highest BCUT2D eigenvalue weighted by Crippen LogP contribution is 2.29. The normalized spacial score (nSPS) is 13.9. The van der Waals surface area contributed by atoms with E-state index in [0.717, 1.165) is 18.5 Å². The van der Waals surface area contributed by atoms with Crippen molar-refractivity contribution in [1.82, 2.24) is 15.2 Å². The second-order valence-corrected chi connectivity index (χ2v) is 6.73. The molecule has 2 heterocycles. The number of anilines is 1. The van der Waals surface area contributed by atoms with Crippen molar-refractivity contribution in [2.24, 2.45) is 0 Å². The molecule has 1 aliphatic rings. The summed E-state index contributed by atoms with van der Waals surface area (Å²) >= 11 is 1.29.